The molecule has 0 aromatic heterocycles. The summed E-state index contributed by atoms with van der Waals surface area (Å²) in [6, 6.07) is 16.6. The molecule has 0 unspecified atom stereocenters. The van der Waals surface area contributed by atoms with Gasteiger partial charge in [0.05, 0.1) is 6.54 Å². The third kappa shape index (κ3) is 3.18. The first kappa shape index (κ1) is 16.3. The summed E-state index contributed by atoms with van der Waals surface area (Å²) in [5.41, 5.74) is 3.88. The van der Waals surface area contributed by atoms with Crippen molar-refractivity contribution in [2.75, 3.05) is 6.73 Å². The van der Waals surface area contributed by atoms with Gasteiger partial charge in [0.1, 0.15) is 12.6 Å². The van der Waals surface area contributed by atoms with Gasteiger partial charge in [-0.15, -0.1) is 0 Å². The number of ether oxygens (including phenoxy) is 2. The zero-order valence-corrected chi connectivity index (χ0v) is 14.1. The maximum absolute atomic E-state index is 12.4. The van der Waals surface area contributed by atoms with Crippen molar-refractivity contribution in [1.29, 1.82) is 0 Å². The van der Waals surface area contributed by atoms with Crippen LogP contribution < -0.4 is 0 Å². The summed E-state index contributed by atoms with van der Waals surface area (Å²) in [6.45, 7) is 0.665. The second-order valence-electron chi connectivity index (χ2n) is 6.24. The molecule has 0 aliphatic carbocycles. The number of rotatable bonds is 4. The van der Waals surface area contributed by atoms with Gasteiger partial charge in [0.25, 0.3) is 0 Å². The molecule has 0 radical (unpaired) electrons. The van der Waals surface area contributed by atoms with Gasteiger partial charge in [-0.1, -0.05) is 54.6 Å². The SMILES string of the molecule is O=C1OCN(C(=O)OCc2ccccc2)[C@H]1CC1=NCc2ccccc21. The standard InChI is InChI=1S/C20H18N2O4/c23-19-18(10-17-16-9-5-4-8-15(16)11-21-17)22(13-26-19)20(24)25-12-14-6-2-1-3-7-14/h1-9,18H,10-13H2/t18-/m0/s1. The zero-order valence-electron chi connectivity index (χ0n) is 14.1. The van der Waals surface area contributed by atoms with Crippen LogP contribution in [0, 0.1) is 0 Å². The van der Waals surface area contributed by atoms with Crippen LogP contribution in [0.4, 0.5) is 4.79 Å². The summed E-state index contributed by atoms with van der Waals surface area (Å²) in [5.74, 6) is -0.422. The Morgan fingerprint density at radius 1 is 1.15 bits per heavy atom. The quantitative estimate of drug-likeness (QED) is 0.795. The van der Waals surface area contributed by atoms with Crippen LogP contribution >= 0.6 is 0 Å². The zero-order chi connectivity index (χ0) is 17.9. The number of esters is 1. The smallest absolute Gasteiger partial charge is 0.413 e. The minimum atomic E-state index is -0.705. The van der Waals surface area contributed by atoms with Crippen molar-refractivity contribution in [3.63, 3.8) is 0 Å². The van der Waals surface area contributed by atoms with E-state index in [1.54, 1.807) is 0 Å². The van der Waals surface area contributed by atoms with Crippen molar-refractivity contribution < 1.29 is 19.1 Å². The Morgan fingerprint density at radius 2 is 1.92 bits per heavy atom. The van der Waals surface area contributed by atoms with Gasteiger partial charge < -0.3 is 9.47 Å². The molecular formula is C20H18N2O4. The summed E-state index contributed by atoms with van der Waals surface area (Å²) in [7, 11) is 0. The van der Waals surface area contributed by atoms with Crippen LogP contribution in [-0.2, 0) is 27.4 Å². The van der Waals surface area contributed by atoms with Crippen molar-refractivity contribution in [2.45, 2.75) is 25.6 Å². The molecule has 1 fully saturated rings. The average molecular weight is 350 g/mol. The molecule has 0 spiro atoms. The number of carbonyl (C=O) groups is 2. The topological polar surface area (TPSA) is 68.2 Å². The monoisotopic (exact) mass is 350 g/mol. The Hall–Kier alpha value is -3.15. The predicted molar refractivity (Wildman–Crippen MR) is 94.5 cm³/mol. The molecule has 2 aliphatic heterocycles. The highest BCUT2D eigenvalue weighted by molar-refractivity contribution is 6.06. The number of cyclic esters (lactones) is 1. The molecule has 0 saturated carbocycles. The van der Waals surface area contributed by atoms with Gasteiger partial charge in [0, 0.05) is 17.7 Å². The fourth-order valence-electron chi connectivity index (χ4n) is 3.19. The van der Waals surface area contributed by atoms with Crippen LogP contribution in [0.15, 0.2) is 59.6 Å². The minimum absolute atomic E-state index is 0.0912. The molecule has 6 nitrogen and oxygen atoms in total. The van der Waals surface area contributed by atoms with Crippen molar-refractivity contribution in [2.24, 2.45) is 4.99 Å². The van der Waals surface area contributed by atoms with Crippen molar-refractivity contribution in [3.8, 4) is 0 Å². The van der Waals surface area contributed by atoms with E-state index < -0.39 is 18.1 Å². The normalized spacial score (nSPS) is 18.3. The first-order valence-corrected chi connectivity index (χ1v) is 8.48. The fraction of sp³-hybridized carbons (Fsp3) is 0.250. The van der Waals surface area contributed by atoms with Gasteiger partial charge in [-0.2, -0.15) is 0 Å². The lowest BCUT2D eigenvalue weighted by Gasteiger charge is -2.20. The summed E-state index contributed by atoms with van der Waals surface area (Å²) in [5, 5.41) is 0. The molecule has 2 aromatic rings. The van der Waals surface area contributed by atoms with Crippen molar-refractivity contribution in [1.82, 2.24) is 4.90 Å². The number of aliphatic imine (C=N–C) groups is 1. The van der Waals surface area contributed by atoms with E-state index in [9.17, 15) is 9.59 Å². The maximum atomic E-state index is 12.4. The molecule has 26 heavy (non-hydrogen) atoms. The molecular weight excluding hydrogens is 332 g/mol. The number of benzene rings is 2. The highest BCUT2D eigenvalue weighted by Crippen LogP contribution is 2.25. The third-order valence-electron chi connectivity index (χ3n) is 4.59. The number of fused-ring (bicyclic) bond motifs is 1. The summed E-state index contributed by atoms with van der Waals surface area (Å²) >= 11 is 0. The Balaban J connectivity index is 1.43. The highest BCUT2D eigenvalue weighted by atomic mass is 16.6. The predicted octanol–water partition coefficient (Wildman–Crippen LogP) is 2.90. The van der Waals surface area contributed by atoms with Gasteiger partial charge >= 0.3 is 12.1 Å². The van der Waals surface area contributed by atoms with E-state index in [1.807, 2.05) is 54.6 Å². The first-order valence-electron chi connectivity index (χ1n) is 8.48. The molecule has 2 aliphatic rings. The van der Waals surface area contributed by atoms with Crippen LogP contribution in [0.2, 0.25) is 0 Å². The number of hydrogen-bond donors (Lipinski definition) is 0. The number of amides is 1. The molecule has 0 bridgehead atoms. The molecule has 6 heteroatoms. The van der Waals surface area contributed by atoms with Crippen LogP contribution in [-0.4, -0.2) is 35.4 Å². The molecule has 4 rings (SSSR count). The maximum Gasteiger partial charge on any atom is 0.413 e. The Bertz CT molecular complexity index is 863. The van der Waals surface area contributed by atoms with Gasteiger partial charge in [-0.05, 0) is 11.1 Å². The van der Waals surface area contributed by atoms with Crippen LogP contribution in [0.5, 0.6) is 0 Å². The van der Waals surface area contributed by atoms with E-state index in [2.05, 4.69) is 4.99 Å². The van der Waals surface area contributed by atoms with E-state index in [0.717, 1.165) is 22.4 Å². The van der Waals surface area contributed by atoms with Crippen LogP contribution in [0.25, 0.3) is 0 Å². The fourth-order valence-corrected chi connectivity index (χ4v) is 3.19. The third-order valence-corrected chi connectivity index (χ3v) is 4.59. The molecule has 1 atom stereocenters. The van der Waals surface area contributed by atoms with E-state index >= 15 is 0 Å². The molecule has 0 N–H and O–H groups in total. The lowest BCUT2D eigenvalue weighted by Crippen LogP contribution is -2.39. The van der Waals surface area contributed by atoms with Crippen molar-refractivity contribution in [3.05, 3.63) is 71.3 Å². The van der Waals surface area contributed by atoms with Gasteiger partial charge in [0.2, 0.25) is 0 Å². The van der Waals surface area contributed by atoms with E-state index in [1.165, 1.54) is 4.90 Å². The largest absolute Gasteiger partial charge is 0.444 e. The number of nitrogens with zero attached hydrogens (tertiary/aromatic N) is 2. The highest BCUT2D eigenvalue weighted by Gasteiger charge is 2.40. The molecule has 1 saturated heterocycles. The number of hydrogen-bond acceptors (Lipinski definition) is 5. The Labute approximate surface area is 151 Å². The van der Waals surface area contributed by atoms with E-state index in [0.29, 0.717) is 13.0 Å². The average Bonchev–Trinajstić information content (AvgIpc) is 3.25. The summed E-state index contributed by atoms with van der Waals surface area (Å²) in [4.78, 5) is 30.4. The molecule has 1 amide bonds. The molecule has 2 heterocycles. The minimum Gasteiger partial charge on any atom is -0.444 e. The van der Waals surface area contributed by atoms with E-state index in [-0.39, 0.29) is 13.3 Å². The van der Waals surface area contributed by atoms with E-state index in [4.69, 9.17) is 9.47 Å². The van der Waals surface area contributed by atoms with Gasteiger partial charge in [0.15, 0.2) is 6.73 Å². The second kappa shape index (κ2) is 7.00. The van der Waals surface area contributed by atoms with Crippen LogP contribution in [0.1, 0.15) is 23.1 Å². The lowest BCUT2D eigenvalue weighted by molar-refractivity contribution is -0.138. The Morgan fingerprint density at radius 3 is 2.77 bits per heavy atom. The van der Waals surface area contributed by atoms with Gasteiger partial charge in [-0.3, -0.25) is 9.89 Å². The molecule has 132 valence electrons. The first-order chi connectivity index (χ1) is 12.7. The summed E-state index contributed by atoms with van der Waals surface area (Å²) in [6.07, 6.45) is -0.229. The second-order valence-corrected chi connectivity index (χ2v) is 6.24. The molecule has 2 aromatic carbocycles. The van der Waals surface area contributed by atoms with Gasteiger partial charge in [-0.25, -0.2) is 9.59 Å². The van der Waals surface area contributed by atoms with Crippen LogP contribution in [0.3, 0.4) is 0 Å². The van der Waals surface area contributed by atoms with Crippen molar-refractivity contribution >= 4 is 17.8 Å². The number of carbonyl (C=O) groups excluding carboxylic acids is 2. The summed E-state index contributed by atoms with van der Waals surface area (Å²) < 4.78 is 10.4. The lowest BCUT2D eigenvalue weighted by atomic mass is 10.0. The Kier molecular flexibility index (Phi) is 4.39.